The fourth-order valence-corrected chi connectivity index (χ4v) is 0.998. The van der Waals surface area contributed by atoms with Crippen molar-refractivity contribution < 1.29 is 15.0 Å². The highest BCUT2D eigenvalue weighted by molar-refractivity contribution is 6.10. The first-order valence-electron chi connectivity index (χ1n) is 4.28. The largest absolute Gasteiger partial charge is 0.508 e. The molecule has 0 heterocycles. The number of phenols is 1. The fraction of sp³-hybridized carbons (Fsp3) is 0. The van der Waals surface area contributed by atoms with Gasteiger partial charge in [-0.1, -0.05) is 0 Å². The van der Waals surface area contributed by atoms with Gasteiger partial charge in [0, 0.05) is 0 Å². The molecule has 0 saturated carbocycles. The molecule has 7 nitrogen and oxygen atoms in total. The Morgan fingerprint density at radius 2 is 2.00 bits per heavy atom. The summed E-state index contributed by atoms with van der Waals surface area (Å²) in [7, 11) is 0. The first-order valence-corrected chi connectivity index (χ1v) is 4.28. The number of benzene rings is 1. The number of hydrogen-bond donors (Lipinski definition) is 3. The van der Waals surface area contributed by atoms with Crippen LogP contribution in [0.15, 0.2) is 23.3 Å². The quantitative estimate of drug-likeness (QED) is 0.402. The number of anilines is 1. The molecule has 0 atom stereocenters. The van der Waals surface area contributed by atoms with Crippen molar-refractivity contribution in [3.8, 4) is 17.9 Å². The van der Waals surface area contributed by atoms with E-state index in [0.717, 1.165) is 6.07 Å². The lowest BCUT2D eigenvalue weighted by atomic mass is 10.2. The summed E-state index contributed by atoms with van der Waals surface area (Å²) in [5.74, 6) is -1.48. The van der Waals surface area contributed by atoms with E-state index in [1.807, 2.05) is 0 Å². The third kappa shape index (κ3) is 2.94. The number of nitrogens with zero attached hydrogens (tertiary/aromatic N) is 3. The van der Waals surface area contributed by atoms with Gasteiger partial charge < -0.3 is 10.2 Å². The van der Waals surface area contributed by atoms with Crippen molar-refractivity contribution in [2.45, 2.75) is 0 Å². The number of aromatic carboxylic acids is 1. The van der Waals surface area contributed by atoms with Crippen molar-refractivity contribution in [1.29, 1.82) is 10.5 Å². The number of nitrogens with one attached hydrogen (secondary N) is 1. The van der Waals surface area contributed by atoms with Gasteiger partial charge in [0.2, 0.25) is 5.71 Å². The molecule has 0 aliphatic rings. The van der Waals surface area contributed by atoms with E-state index in [-0.39, 0.29) is 17.0 Å². The van der Waals surface area contributed by atoms with Crippen LogP contribution in [0.2, 0.25) is 0 Å². The molecule has 3 N–H and O–H groups in total. The average Bonchev–Trinajstić information content (AvgIpc) is 2.31. The van der Waals surface area contributed by atoms with Gasteiger partial charge in [0.1, 0.15) is 17.9 Å². The molecule has 1 aromatic carbocycles. The molecular formula is C10H6N4O3. The maximum atomic E-state index is 10.8. The second-order valence-electron chi connectivity index (χ2n) is 2.83. The van der Waals surface area contributed by atoms with Gasteiger partial charge in [-0.25, -0.2) is 4.79 Å². The molecule has 0 aliphatic heterocycles. The molecule has 0 radical (unpaired) electrons. The summed E-state index contributed by atoms with van der Waals surface area (Å²) in [5, 5.41) is 38.2. The molecule has 1 aromatic rings. The number of aromatic hydroxyl groups is 1. The third-order valence-corrected chi connectivity index (χ3v) is 1.73. The normalized spacial score (nSPS) is 8.59. The van der Waals surface area contributed by atoms with Crippen LogP contribution in [0.25, 0.3) is 0 Å². The maximum Gasteiger partial charge on any atom is 0.338 e. The molecule has 0 bridgehead atoms. The Morgan fingerprint density at radius 1 is 1.35 bits per heavy atom. The van der Waals surface area contributed by atoms with Crippen LogP contribution in [0.1, 0.15) is 10.4 Å². The lowest BCUT2D eigenvalue weighted by Crippen LogP contribution is -2.03. The highest BCUT2D eigenvalue weighted by atomic mass is 16.4. The van der Waals surface area contributed by atoms with E-state index in [4.69, 9.17) is 20.7 Å². The van der Waals surface area contributed by atoms with Gasteiger partial charge in [0.25, 0.3) is 0 Å². The van der Waals surface area contributed by atoms with Crippen molar-refractivity contribution in [2.75, 3.05) is 5.43 Å². The SMILES string of the molecule is N#CC(C#N)=NNc1ccc(O)cc1C(=O)O. The van der Waals surface area contributed by atoms with E-state index in [1.54, 1.807) is 0 Å². The van der Waals surface area contributed by atoms with Crippen molar-refractivity contribution in [2.24, 2.45) is 5.10 Å². The zero-order valence-electron chi connectivity index (χ0n) is 8.38. The van der Waals surface area contributed by atoms with E-state index in [1.165, 1.54) is 24.3 Å². The first-order chi connectivity index (χ1) is 8.08. The van der Waals surface area contributed by atoms with Crippen LogP contribution in [-0.2, 0) is 0 Å². The van der Waals surface area contributed by atoms with Crippen LogP contribution in [-0.4, -0.2) is 21.9 Å². The highest BCUT2D eigenvalue weighted by Gasteiger charge is 2.10. The number of carboxylic acid groups (broad SMARTS) is 1. The average molecular weight is 230 g/mol. The Hall–Kier alpha value is -3.06. The lowest BCUT2D eigenvalue weighted by molar-refractivity contribution is 0.0697. The molecule has 17 heavy (non-hydrogen) atoms. The van der Waals surface area contributed by atoms with E-state index in [9.17, 15) is 4.79 Å². The number of carboxylic acids is 1. The summed E-state index contributed by atoms with van der Waals surface area (Å²) in [6.45, 7) is 0. The number of hydrogen-bond acceptors (Lipinski definition) is 6. The number of carbonyl (C=O) groups is 1. The van der Waals surface area contributed by atoms with Gasteiger partial charge >= 0.3 is 5.97 Å². The molecule has 0 aromatic heterocycles. The molecule has 0 spiro atoms. The Bertz CT molecular complexity index is 550. The standard InChI is InChI=1S/C10H6N4O3/c11-4-6(5-12)13-14-9-2-1-7(15)3-8(9)10(16)17/h1-3,14-15H,(H,16,17). The van der Waals surface area contributed by atoms with E-state index >= 15 is 0 Å². The minimum Gasteiger partial charge on any atom is -0.508 e. The van der Waals surface area contributed by atoms with Crippen LogP contribution in [0.5, 0.6) is 5.75 Å². The molecule has 84 valence electrons. The predicted molar refractivity (Wildman–Crippen MR) is 57.3 cm³/mol. The molecular weight excluding hydrogens is 224 g/mol. The van der Waals surface area contributed by atoms with Crippen molar-refractivity contribution in [1.82, 2.24) is 0 Å². The van der Waals surface area contributed by atoms with Gasteiger partial charge in [-0.3, -0.25) is 5.43 Å². The summed E-state index contributed by atoms with van der Waals surface area (Å²) in [5.41, 5.74) is 1.69. The highest BCUT2D eigenvalue weighted by Crippen LogP contribution is 2.21. The summed E-state index contributed by atoms with van der Waals surface area (Å²) in [6.07, 6.45) is 0. The summed E-state index contributed by atoms with van der Waals surface area (Å²) >= 11 is 0. The van der Waals surface area contributed by atoms with Crippen LogP contribution in [0.4, 0.5) is 5.69 Å². The lowest BCUT2D eigenvalue weighted by Gasteiger charge is -2.04. The van der Waals surface area contributed by atoms with Gasteiger partial charge in [0.15, 0.2) is 0 Å². The van der Waals surface area contributed by atoms with Gasteiger partial charge in [-0.05, 0) is 18.2 Å². The zero-order valence-corrected chi connectivity index (χ0v) is 8.38. The fourth-order valence-electron chi connectivity index (χ4n) is 0.998. The second kappa shape index (κ2) is 5.14. The Kier molecular flexibility index (Phi) is 3.63. The Balaban J connectivity index is 3.09. The molecule has 0 aliphatic carbocycles. The Morgan fingerprint density at radius 3 is 2.53 bits per heavy atom. The van der Waals surface area contributed by atoms with Gasteiger partial charge in [0.05, 0.1) is 11.3 Å². The minimum atomic E-state index is -1.27. The molecule has 0 fully saturated rings. The number of phenolic OH excluding ortho intramolecular Hbond substituents is 1. The van der Waals surface area contributed by atoms with Gasteiger partial charge in [-0.2, -0.15) is 15.6 Å². The summed E-state index contributed by atoms with van der Waals surface area (Å²) in [6, 6.07) is 6.57. The molecule has 0 amide bonds. The van der Waals surface area contributed by atoms with Crippen LogP contribution < -0.4 is 5.43 Å². The number of hydrazone groups is 1. The second-order valence-corrected chi connectivity index (χ2v) is 2.83. The molecule has 0 unspecified atom stereocenters. The monoisotopic (exact) mass is 230 g/mol. The van der Waals surface area contributed by atoms with E-state index < -0.39 is 11.7 Å². The van der Waals surface area contributed by atoms with Crippen molar-refractivity contribution >= 4 is 17.4 Å². The molecule has 0 saturated heterocycles. The zero-order chi connectivity index (χ0) is 12.8. The van der Waals surface area contributed by atoms with Crippen molar-refractivity contribution in [3.63, 3.8) is 0 Å². The van der Waals surface area contributed by atoms with Crippen LogP contribution in [0.3, 0.4) is 0 Å². The van der Waals surface area contributed by atoms with Gasteiger partial charge in [-0.15, -0.1) is 0 Å². The molecule has 1 rings (SSSR count). The smallest absolute Gasteiger partial charge is 0.338 e. The minimum absolute atomic E-state index is 0.0679. The summed E-state index contributed by atoms with van der Waals surface area (Å²) < 4.78 is 0. The molecule has 7 heteroatoms. The topological polar surface area (TPSA) is 130 Å². The van der Waals surface area contributed by atoms with E-state index in [2.05, 4.69) is 10.5 Å². The number of nitriles is 2. The third-order valence-electron chi connectivity index (χ3n) is 1.73. The Labute approximate surface area is 95.8 Å². The first kappa shape index (κ1) is 12.0. The van der Waals surface area contributed by atoms with E-state index in [0.29, 0.717) is 0 Å². The van der Waals surface area contributed by atoms with Crippen molar-refractivity contribution in [3.05, 3.63) is 23.8 Å². The predicted octanol–water partition coefficient (Wildman–Crippen LogP) is 0.905. The van der Waals surface area contributed by atoms with Crippen LogP contribution >= 0.6 is 0 Å². The number of rotatable bonds is 3. The summed E-state index contributed by atoms with van der Waals surface area (Å²) in [4.78, 5) is 10.8. The maximum absolute atomic E-state index is 10.8. The van der Waals surface area contributed by atoms with Crippen LogP contribution in [0, 0.1) is 22.7 Å².